The van der Waals surface area contributed by atoms with Crippen LogP contribution < -0.4 is 4.57 Å². The molecule has 0 aliphatic rings. The summed E-state index contributed by atoms with van der Waals surface area (Å²) in [4.78, 5) is 0. The van der Waals surface area contributed by atoms with E-state index in [1.54, 1.807) is 0 Å². The maximum atomic E-state index is 2.51. The fourth-order valence-corrected chi connectivity index (χ4v) is 5.04. The third-order valence-corrected chi connectivity index (χ3v) is 6.41. The van der Waals surface area contributed by atoms with Gasteiger partial charge in [0.2, 0.25) is 5.52 Å². The number of pyridine rings is 2. The van der Waals surface area contributed by atoms with Crippen LogP contribution in [0.15, 0.2) is 54.7 Å². The lowest BCUT2D eigenvalue weighted by Crippen LogP contribution is -2.29. The molecule has 27 heavy (non-hydrogen) atoms. The normalized spacial score (nSPS) is 12.4. The first-order valence-electron chi connectivity index (χ1n) is 9.54. The highest BCUT2D eigenvalue weighted by atomic mass is 15.0. The molecule has 0 aliphatic carbocycles. The number of aryl methyl sites for hydroxylation is 4. The van der Waals surface area contributed by atoms with Crippen molar-refractivity contribution in [1.82, 2.24) is 4.40 Å². The second-order valence-electron chi connectivity index (χ2n) is 7.91. The van der Waals surface area contributed by atoms with E-state index in [0.29, 0.717) is 0 Å². The minimum atomic E-state index is 1.30. The molecule has 0 fully saturated rings. The molecule has 6 rings (SSSR count). The summed E-state index contributed by atoms with van der Waals surface area (Å²) in [6.07, 6.45) is 2.19. The number of fused-ring (bicyclic) bond motifs is 5. The van der Waals surface area contributed by atoms with Gasteiger partial charge in [-0.2, -0.15) is 0 Å². The number of aromatic nitrogens is 2. The molecule has 3 aromatic carbocycles. The Morgan fingerprint density at radius 2 is 1.59 bits per heavy atom. The van der Waals surface area contributed by atoms with Crippen LogP contribution in [0.2, 0.25) is 0 Å². The van der Waals surface area contributed by atoms with E-state index in [1.165, 1.54) is 65.7 Å². The third-order valence-electron chi connectivity index (χ3n) is 6.41. The van der Waals surface area contributed by atoms with E-state index in [4.69, 9.17) is 0 Å². The van der Waals surface area contributed by atoms with Crippen LogP contribution in [-0.2, 0) is 7.05 Å². The van der Waals surface area contributed by atoms with Crippen molar-refractivity contribution in [3.05, 3.63) is 71.4 Å². The fraction of sp³-hybridized carbons (Fsp3) is 0.160. The highest BCUT2D eigenvalue weighted by molar-refractivity contribution is 6.26. The quantitative estimate of drug-likeness (QED) is 0.188. The Hall–Kier alpha value is -3.13. The molecule has 6 aromatic rings. The predicted octanol–water partition coefficient (Wildman–Crippen LogP) is 5.74. The lowest BCUT2D eigenvalue weighted by atomic mass is 9.96. The Morgan fingerprint density at radius 1 is 0.778 bits per heavy atom. The van der Waals surface area contributed by atoms with Gasteiger partial charge in [-0.1, -0.05) is 30.3 Å². The topological polar surface area (TPSA) is 8.29 Å². The van der Waals surface area contributed by atoms with Crippen molar-refractivity contribution >= 4 is 49.0 Å². The minimum absolute atomic E-state index is 1.30. The van der Waals surface area contributed by atoms with Gasteiger partial charge < -0.3 is 4.40 Å². The average Bonchev–Trinajstić information content (AvgIpc) is 2.99. The number of nitrogens with zero attached hydrogens (tertiary/aromatic N) is 2. The van der Waals surface area contributed by atoms with E-state index in [9.17, 15) is 0 Å². The molecule has 0 aliphatic heterocycles. The van der Waals surface area contributed by atoms with Crippen LogP contribution in [0.5, 0.6) is 0 Å². The summed E-state index contributed by atoms with van der Waals surface area (Å²) >= 11 is 0. The predicted molar refractivity (Wildman–Crippen MR) is 114 cm³/mol. The Labute approximate surface area is 157 Å². The van der Waals surface area contributed by atoms with Gasteiger partial charge in [-0.25, -0.2) is 4.57 Å². The summed E-state index contributed by atoms with van der Waals surface area (Å²) in [7, 11) is 2.17. The van der Waals surface area contributed by atoms with Crippen molar-refractivity contribution in [3.8, 4) is 0 Å². The van der Waals surface area contributed by atoms with Crippen LogP contribution in [0.1, 0.15) is 16.7 Å². The zero-order valence-electron chi connectivity index (χ0n) is 16.1. The molecule has 0 saturated carbocycles. The van der Waals surface area contributed by atoms with Crippen molar-refractivity contribution in [3.63, 3.8) is 0 Å². The minimum Gasteiger partial charge on any atom is -0.307 e. The molecule has 3 heterocycles. The second-order valence-corrected chi connectivity index (χ2v) is 7.91. The average molecular weight is 349 g/mol. The summed E-state index contributed by atoms with van der Waals surface area (Å²) in [6, 6.07) is 18.0. The summed E-state index contributed by atoms with van der Waals surface area (Å²) in [6.45, 7) is 6.74. The molecule has 2 nitrogen and oxygen atoms in total. The first-order valence-corrected chi connectivity index (χ1v) is 9.54. The van der Waals surface area contributed by atoms with Crippen LogP contribution in [0.4, 0.5) is 0 Å². The van der Waals surface area contributed by atoms with Gasteiger partial charge in [0.1, 0.15) is 7.05 Å². The van der Waals surface area contributed by atoms with Crippen molar-refractivity contribution in [2.24, 2.45) is 7.05 Å². The van der Waals surface area contributed by atoms with Crippen LogP contribution in [0.25, 0.3) is 49.0 Å². The van der Waals surface area contributed by atoms with Crippen molar-refractivity contribution in [1.29, 1.82) is 0 Å². The summed E-state index contributed by atoms with van der Waals surface area (Å²) < 4.78 is 4.80. The highest BCUT2D eigenvalue weighted by Crippen LogP contribution is 2.42. The summed E-state index contributed by atoms with van der Waals surface area (Å²) in [5.74, 6) is 0. The number of hydrogen-bond donors (Lipinski definition) is 0. The molecular weight excluding hydrogens is 328 g/mol. The van der Waals surface area contributed by atoms with Crippen molar-refractivity contribution in [2.75, 3.05) is 0 Å². The van der Waals surface area contributed by atoms with Gasteiger partial charge in [-0.05, 0) is 55.0 Å². The Morgan fingerprint density at radius 3 is 2.44 bits per heavy atom. The van der Waals surface area contributed by atoms with Crippen LogP contribution in [-0.4, -0.2) is 4.40 Å². The molecule has 130 valence electrons. The largest absolute Gasteiger partial charge is 0.307 e. The van der Waals surface area contributed by atoms with E-state index in [2.05, 4.69) is 91.5 Å². The lowest BCUT2D eigenvalue weighted by molar-refractivity contribution is -0.643. The maximum Gasteiger partial charge on any atom is 0.224 e. The van der Waals surface area contributed by atoms with E-state index in [1.807, 2.05) is 0 Å². The highest BCUT2D eigenvalue weighted by Gasteiger charge is 2.24. The fourth-order valence-electron chi connectivity index (χ4n) is 5.04. The zero-order valence-corrected chi connectivity index (χ0v) is 16.1. The van der Waals surface area contributed by atoms with Crippen LogP contribution in [0.3, 0.4) is 0 Å². The number of rotatable bonds is 0. The van der Waals surface area contributed by atoms with E-state index in [0.717, 1.165) is 0 Å². The third kappa shape index (κ3) is 1.64. The Balaban J connectivity index is 2.19. The zero-order chi connectivity index (χ0) is 18.4. The van der Waals surface area contributed by atoms with Crippen LogP contribution in [0, 0.1) is 20.8 Å². The number of hydrogen-bond acceptors (Lipinski definition) is 0. The number of para-hydroxylation sites is 1. The van der Waals surface area contributed by atoms with Gasteiger partial charge in [-0.15, -0.1) is 0 Å². The molecule has 0 amide bonds. The van der Waals surface area contributed by atoms with Gasteiger partial charge in [0.05, 0.1) is 27.3 Å². The maximum absolute atomic E-state index is 2.51. The van der Waals surface area contributed by atoms with Crippen molar-refractivity contribution in [2.45, 2.75) is 20.8 Å². The Kier molecular flexibility index (Phi) is 2.65. The molecule has 0 bridgehead atoms. The molecule has 0 unspecified atom stereocenters. The van der Waals surface area contributed by atoms with Gasteiger partial charge in [0.15, 0.2) is 6.20 Å². The van der Waals surface area contributed by atoms with E-state index < -0.39 is 0 Å². The van der Waals surface area contributed by atoms with E-state index in [-0.39, 0.29) is 0 Å². The van der Waals surface area contributed by atoms with Gasteiger partial charge in [0.25, 0.3) is 0 Å². The van der Waals surface area contributed by atoms with E-state index >= 15 is 0 Å². The molecule has 0 atom stereocenters. The smallest absolute Gasteiger partial charge is 0.224 e. The molecule has 2 heteroatoms. The van der Waals surface area contributed by atoms with Gasteiger partial charge in [-0.3, -0.25) is 0 Å². The second kappa shape index (κ2) is 4.77. The molecule has 0 spiro atoms. The molecule has 3 aromatic heterocycles. The van der Waals surface area contributed by atoms with Gasteiger partial charge in [0, 0.05) is 16.8 Å². The molecular formula is C25H21N2+. The molecule has 0 radical (unpaired) electrons. The molecule has 0 saturated heterocycles. The Bertz CT molecular complexity index is 1550. The van der Waals surface area contributed by atoms with Crippen molar-refractivity contribution < 1.29 is 4.57 Å². The summed E-state index contributed by atoms with van der Waals surface area (Å²) in [5.41, 5.74) is 9.38. The lowest BCUT2D eigenvalue weighted by Gasteiger charge is -2.14. The first-order chi connectivity index (χ1) is 13.1. The summed E-state index contributed by atoms with van der Waals surface area (Å²) in [5, 5.41) is 6.74. The van der Waals surface area contributed by atoms with Crippen LogP contribution >= 0.6 is 0 Å². The monoisotopic (exact) mass is 349 g/mol. The number of benzene rings is 3. The standard InChI is InChI=1S/C25H21N2/c1-14-7-5-9-18-19-13-15(2)16(3)21-24(19)27(23(14)18)20-10-6-8-17-11-12-26(4)25(21)22(17)20/h5-13H,1-4H3/q+1. The molecule has 0 N–H and O–H groups in total. The first kappa shape index (κ1) is 15.0. The van der Waals surface area contributed by atoms with Gasteiger partial charge >= 0.3 is 0 Å². The SMILES string of the molecule is Cc1cc2c3cccc(C)c3n3c4cccc5cc[n+](C)c(c(c1C)c23)c54.